The van der Waals surface area contributed by atoms with Crippen molar-refractivity contribution in [3.05, 3.63) is 54.2 Å². The number of hydrogen-bond acceptors (Lipinski definition) is 4. The second-order valence-electron chi connectivity index (χ2n) is 6.91. The molecule has 0 radical (unpaired) electrons. The molecule has 0 bridgehead atoms. The molecule has 6 heteroatoms. The summed E-state index contributed by atoms with van der Waals surface area (Å²) in [6.45, 7) is 2.60. The van der Waals surface area contributed by atoms with Gasteiger partial charge in [0.2, 0.25) is 5.91 Å². The van der Waals surface area contributed by atoms with E-state index in [1.807, 2.05) is 23.1 Å². The molecule has 1 atom stereocenters. The summed E-state index contributed by atoms with van der Waals surface area (Å²) in [6, 6.07) is 10.2. The first-order valence-electron chi connectivity index (χ1n) is 8.69. The van der Waals surface area contributed by atoms with E-state index in [2.05, 4.69) is 17.1 Å². The van der Waals surface area contributed by atoms with E-state index in [1.54, 1.807) is 4.90 Å². The zero-order valence-corrected chi connectivity index (χ0v) is 14.1. The number of nitrogens with zero attached hydrogens (tertiary/aromatic N) is 3. The second kappa shape index (κ2) is 6.35. The second-order valence-corrected chi connectivity index (χ2v) is 6.91. The largest absolute Gasteiger partial charge is 0.451 e. The zero-order chi connectivity index (χ0) is 17.3. The summed E-state index contributed by atoms with van der Waals surface area (Å²) in [5, 5.41) is 0. The summed E-state index contributed by atoms with van der Waals surface area (Å²) in [5.41, 5.74) is 1.14. The highest BCUT2D eigenvalue weighted by atomic mass is 16.3. The Labute approximate surface area is 146 Å². The van der Waals surface area contributed by atoms with Gasteiger partial charge in [-0.3, -0.25) is 9.59 Å². The number of likely N-dealkylation sites (tertiary alicyclic amines) is 2. The van der Waals surface area contributed by atoms with Crippen molar-refractivity contribution in [2.45, 2.75) is 19.3 Å². The van der Waals surface area contributed by atoms with E-state index in [9.17, 15) is 9.59 Å². The molecule has 2 fully saturated rings. The molecule has 1 aromatic carbocycles. The van der Waals surface area contributed by atoms with Crippen molar-refractivity contribution in [3.63, 3.8) is 0 Å². The Bertz CT molecular complexity index is 759. The summed E-state index contributed by atoms with van der Waals surface area (Å²) in [7, 11) is 0. The number of hydrogen-bond donors (Lipinski definition) is 0. The molecule has 0 aliphatic carbocycles. The van der Waals surface area contributed by atoms with Crippen molar-refractivity contribution < 1.29 is 14.0 Å². The number of oxazole rings is 1. The SMILES string of the molecule is O=C(c1cocn1)N1CCC2(CCN(CCc3ccccc3)C2=O)C1. The van der Waals surface area contributed by atoms with Crippen molar-refractivity contribution in [2.75, 3.05) is 26.2 Å². The molecule has 2 aromatic rings. The van der Waals surface area contributed by atoms with Crippen LogP contribution in [0.1, 0.15) is 28.9 Å². The van der Waals surface area contributed by atoms with Crippen molar-refractivity contribution in [1.82, 2.24) is 14.8 Å². The molecule has 2 saturated heterocycles. The molecular formula is C19H21N3O3. The van der Waals surface area contributed by atoms with E-state index in [1.165, 1.54) is 18.2 Å². The lowest BCUT2D eigenvalue weighted by Gasteiger charge is -2.23. The highest BCUT2D eigenvalue weighted by Crippen LogP contribution is 2.41. The molecule has 1 aromatic heterocycles. The van der Waals surface area contributed by atoms with E-state index in [-0.39, 0.29) is 11.8 Å². The summed E-state index contributed by atoms with van der Waals surface area (Å²) in [4.78, 5) is 33.0. The van der Waals surface area contributed by atoms with E-state index in [0.29, 0.717) is 18.8 Å². The van der Waals surface area contributed by atoms with Crippen LogP contribution in [0.25, 0.3) is 0 Å². The fourth-order valence-corrected chi connectivity index (χ4v) is 3.92. The maximum absolute atomic E-state index is 13.0. The van der Waals surface area contributed by atoms with Crippen LogP contribution < -0.4 is 0 Å². The smallest absolute Gasteiger partial charge is 0.275 e. The van der Waals surface area contributed by atoms with Crippen LogP contribution in [0, 0.1) is 5.41 Å². The van der Waals surface area contributed by atoms with Crippen LogP contribution >= 0.6 is 0 Å². The van der Waals surface area contributed by atoms with E-state index >= 15 is 0 Å². The van der Waals surface area contributed by atoms with Crippen LogP contribution in [0.3, 0.4) is 0 Å². The van der Waals surface area contributed by atoms with Crippen LogP contribution in [-0.2, 0) is 11.2 Å². The third-order valence-electron chi connectivity index (χ3n) is 5.41. The lowest BCUT2D eigenvalue weighted by molar-refractivity contribution is -0.135. The van der Waals surface area contributed by atoms with Crippen molar-refractivity contribution in [2.24, 2.45) is 5.41 Å². The van der Waals surface area contributed by atoms with Gasteiger partial charge in [0.25, 0.3) is 5.91 Å². The number of aromatic nitrogens is 1. The van der Waals surface area contributed by atoms with E-state index in [0.717, 1.165) is 32.4 Å². The molecule has 3 heterocycles. The summed E-state index contributed by atoms with van der Waals surface area (Å²) >= 11 is 0. The van der Waals surface area contributed by atoms with Gasteiger partial charge in [0.05, 0.1) is 5.41 Å². The first-order chi connectivity index (χ1) is 12.2. The number of benzene rings is 1. The molecule has 2 aliphatic rings. The Morgan fingerprint density at radius 2 is 2.00 bits per heavy atom. The van der Waals surface area contributed by atoms with Crippen molar-refractivity contribution in [3.8, 4) is 0 Å². The molecule has 2 aliphatic heterocycles. The predicted octanol–water partition coefficient (Wildman–Crippen LogP) is 1.98. The Balaban J connectivity index is 1.39. The summed E-state index contributed by atoms with van der Waals surface area (Å²) < 4.78 is 4.89. The van der Waals surface area contributed by atoms with Crippen molar-refractivity contribution in [1.29, 1.82) is 0 Å². The van der Waals surface area contributed by atoms with E-state index in [4.69, 9.17) is 4.42 Å². The minimum Gasteiger partial charge on any atom is -0.451 e. The topological polar surface area (TPSA) is 66.7 Å². The van der Waals surface area contributed by atoms with Gasteiger partial charge in [0, 0.05) is 26.2 Å². The highest BCUT2D eigenvalue weighted by molar-refractivity contribution is 5.93. The van der Waals surface area contributed by atoms with Gasteiger partial charge in [-0.25, -0.2) is 4.98 Å². The molecule has 4 rings (SSSR count). The maximum atomic E-state index is 13.0. The van der Waals surface area contributed by atoms with Gasteiger partial charge < -0.3 is 14.2 Å². The number of rotatable bonds is 4. The lowest BCUT2D eigenvalue weighted by Crippen LogP contribution is -2.39. The fourth-order valence-electron chi connectivity index (χ4n) is 3.92. The van der Waals surface area contributed by atoms with Crippen molar-refractivity contribution >= 4 is 11.8 Å². The fraction of sp³-hybridized carbons (Fsp3) is 0.421. The van der Waals surface area contributed by atoms with Gasteiger partial charge in [-0.05, 0) is 24.8 Å². The number of amides is 2. The first kappa shape index (κ1) is 15.9. The summed E-state index contributed by atoms with van der Waals surface area (Å²) in [5.74, 6) is 0.0417. The van der Waals surface area contributed by atoms with Gasteiger partial charge in [-0.1, -0.05) is 30.3 Å². The van der Waals surface area contributed by atoms with E-state index < -0.39 is 5.41 Å². The molecule has 25 heavy (non-hydrogen) atoms. The molecule has 6 nitrogen and oxygen atoms in total. The standard InChI is InChI=1S/C19H21N3O3/c23-17(16-12-25-14-20-16)22-11-8-19(13-22)7-10-21(18(19)24)9-6-15-4-2-1-3-5-15/h1-5,12,14H,6-11,13H2. The van der Waals surface area contributed by atoms with Gasteiger partial charge in [-0.2, -0.15) is 0 Å². The number of carbonyl (C=O) groups excluding carboxylic acids is 2. The third kappa shape index (κ3) is 2.92. The van der Waals surface area contributed by atoms with Crippen LogP contribution in [0.15, 0.2) is 47.4 Å². The average molecular weight is 339 g/mol. The van der Waals surface area contributed by atoms with Gasteiger partial charge in [0.1, 0.15) is 6.26 Å². The monoisotopic (exact) mass is 339 g/mol. The van der Waals surface area contributed by atoms with Crippen LogP contribution in [0.2, 0.25) is 0 Å². The minimum absolute atomic E-state index is 0.152. The molecule has 130 valence electrons. The molecule has 2 amide bonds. The Morgan fingerprint density at radius 3 is 2.76 bits per heavy atom. The van der Waals surface area contributed by atoms with Crippen LogP contribution in [0.5, 0.6) is 0 Å². The average Bonchev–Trinajstić information content (AvgIpc) is 3.38. The minimum atomic E-state index is -0.407. The molecule has 0 saturated carbocycles. The Kier molecular flexibility index (Phi) is 4.03. The molecule has 1 unspecified atom stereocenters. The Hall–Kier alpha value is -2.63. The van der Waals surface area contributed by atoms with Gasteiger partial charge in [-0.15, -0.1) is 0 Å². The van der Waals surface area contributed by atoms with Crippen LogP contribution in [0.4, 0.5) is 0 Å². The van der Waals surface area contributed by atoms with Gasteiger partial charge >= 0.3 is 0 Å². The summed E-state index contributed by atoms with van der Waals surface area (Å²) in [6.07, 6.45) is 5.03. The maximum Gasteiger partial charge on any atom is 0.275 e. The highest BCUT2D eigenvalue weighted by Gasteiger charge is 2.51. The molecule has 1 spiro atoms. The number of carbonyl (C=O) groups is 2. The molecular weight excluding hydrogens is 318 g/mol. The normalized spacial score (nSPS) is 23.0. The first-order valence-corrected chi connectivity index (χ1v) is 8.69. The Morgan fingerprint density at radius 1 is 1.20 bits per heavy atom. The zero-order valence-electron chi connectivity index (χ0n) is 14.1. The third-order valence-corrected chi connectivity index (χ3v) is 5.41. The predicted molar refractivity (Wildman–Crippen MR) is 90.8 cm³/mol. The van der Waals surface area contributed by atoms with Gasteiger partial charge in [0.15, 0.2) is 12.1 Å². The lowest BCUT2D eigenvalue weighted by atomic mass is 9.85. The molecule has 0 N–H and O–H groups in total. The quantitative estimate of drug-likeness (QED) is 0.854. The van der Waals surface area contributed by atoms with Crippen LogP contribution in [-0.4, -0.2) is 52.8 Å².